The first-order valence-corrected chi connectivity index (χ1v) is 7.76. The molecule has 0 aromatic carbocycles. The van der Waals surface area contributed by atoms with Gasteiger partial charge >= 0.3 is 0 Å². The Hall–Kier alpha value is -0.760. The summed E-state index contributed by atoms with van der Waals surface area (Å²) in [4.78, 5) is 0. The van der Waals surface area contributed by atoms with Gasteiger partial charge in [0, 0.05) is 31.0 Å². The van der Waals surface area contributed by atoms with E-state index in [1.807, 2.05) is 0 Å². The quantitative estimate of drug-likeness (QED) is 0.842. The average Bonchev–Trinajstić information content (AvgIpc) is 2.78. The summed E-state index contributed by atoms with van der Waals surface area (Å²) in [6.45, 7) is 4.48. The van der Waals surface area contributed by atoms with Gasteiger partial charge in [0.2, 0.25) is 0 Å². The maximum Gasteiger partial charge on any atom is 0.0361 e. The van der Waals surface area contributed by atoms with Gasteiger partial charge in [-0.1, -0.05) is 6.92 Å². The zero-order chi connectivity index (χ0) is 12.1. The van der Waals surface area contributed by atoms with Crippen LogP contribution in [0.25, 0.3) is 0 Å². The van der Waals surface area contributed by atoms with E-state index in [0.717, 1.165) is 42.8 Å². The van der Waals surface area contributed by atoms with Crippen molar-refractivity contribution >= 4 is 0 Å². The molecule has 4 atom stereocenters. The molecule has 0 saturated heterocycles. The lowest BCUT2D eigenvalue weighted by Crippen LogP contribution is -2.23. The van der Waals surface area contributed by atoms with E-state index in [1.165, 1.54) is 25.0 Å². The van der Waals surface area contributed by atoms with E-state index >= 15 is 0 Å². The molecule has 0 amide bonds. The van der Waals surface area contributed by atoms with E-state index in [-0.39, 0.29) is 0 Å². The first kappa shape index (κ1) is 11.1. The van der Waals surface area contributed by atoms with Crippen LogP contribution < -0.4 is 5.32 Å². The molecule has 4 rings (SSSR count). The maximum atomic E-state index is 3.84. The molecule has 98 valence electrons. The number of nitrogens with zero attached hydrogens (tertiary/aromatic N) is 1. The summed E-state index contributed by atoms with van der Waals surface area (Å²) in [6, 6.07) is 5.32. The zero-order valence-electron chi connectivity index (χ0n) is 11.3. The van der Waals surface area contributed by atoms with Crippen LogP contribution >= 0.6 is 0 Å². The summed E-state index contributed by atoms with van der Waals surface area (Å²) in [5.41, 5.74) is 1.47. The molecular weight excluding hydrogens is 220 g/mol. The molecule has 3 saturated carbocycles. The summed E-state index contributed by atoms with van der Waals surface area (Å²) in [6.07, 6.45) is 8.05. The van der Waals surface area contributed by atoms with Crippen molar-refractivity contribution in [2.75, 3.05) is 0 Å². The van der Waals surface area contributed by atoms with Crippen molar-refractivity contribution in [3.8, 4) is 0 Å². The zero-order valence-corrected chi connectivity index (χ0v) is 11.3. The monoisotopic (exact) mass is 244 g/mol. The van der Waals surface area contributed by atoms with Crippen LogP contribution in [0.15, 0.2) is 18.3 Å². The largest absolute Gasteiger partial charge is 0.350 e. The molecule has 1 aromatic heterocycles. The Morgan fingerprint density at radius 1 is 1.28 bits per heavy atom. The van der Waals surface area contributed by atoms with Crippen LogP contribution in [0.5, 0.6) is 0 Å². The Bertz CT molecular complexity index is 420. The molecule has 0 aliphatic heterocycles. The normalized spacial score (nSPS) is 40.2. The topological polar surface area (TPSA) is 17.0 Å². The summed E-state index contributed by atoms with van der Waals surface area (Å²) < 4.78 is 2.40. The van der Waals surface area contributed by atoms with E-state index in [0.29, 0.717) is 0 Å². The van der Waals surface area contributed by atoms with Gasteiger partial charge in [-0.05, 0) is 61.5 Å². The number of nitrogens with one attached hydrogen (secondary N) is 1. The van der Waals surface area contributed by atoms with Gasteiger partial charge in [-0.3, -0.25) is 0 Å². The first-order chi connectivity index (χ1) is 8.88. The van der Waals surface area contributed by atoms with Crippen LogP contribution in [-0.2, 0) is 13.1 Å². The fourth-order valence-corrected chi connectivity index (χ4v) is 4.89. The van der Waals surface area contributed by atoms with Gasteiger partial charge in [-0.15, -0.1) is 0 Å². The Balaban J connectivity index is 1.36. The predicted molar refractivity (Wildman–Crippen MR) is 73.2 cm³/mol. The molecule has 2 nitrogen and oxygen atoms in total. The Morgan fingerprint density at radius 3 is 2.78 bits per heavy atom. The second-order valence-electron chi connectivity index (χ2n) is 6.59. The van der Waals surface area contributed by atoms with Crippen molar-refractivity contribution in [1.82, 2.24) is 9.88 Å². The summed E-state index contributed by atoms with van der Waals surface area (Å²) in [5.74, 6) is 4.27. The molecule has 0 spiro atoms. The predicted octanol–water partition coefficient (Wildman–Crippen LogP) is 3.03. The van der Waals surface area contributed by atoms with Crippen LogP contribution in [0.4, 0.5) is 0 Å². The summed E-state index contributed by atoms with van der Waals surface area (Å²) in [5, 5.41) is 3.84. The van der Waals surface area contributed by atoms with Gasteiger partial charge in [0.1, 0.15) is 0 Å². The standard InChI is InChI=1S/C16H24N2/c1-2-7-18-8-3-4-13(18)10-17-16-14-11-5-6-12(9-11)15(14)16/h3-4,8,11-12,14-17H,2,5-7,9-10H2,1H3. The molecule has 1 N–H and O–H groups in total. The molecule has 0 radical (unpaired) electrons. The SMILES string of the molecule is CCCn1cccc1CNC1C2C3CCC(C3)C12. The van der Waals surface area contributed by atoms with E-state index < -0.39 is 0 Å². The fraction of sp³-hybridized carbons (Fsp3) is 0.750. The lowest BCUT2D eigenvalue weighted by atomic mass is 10.0. The fourth-order valence-electron chi connectivity index (χ4n) is 4.89. The highest BCUT2D eigenvalue weighted by atomic mass is 15.1. The maximum absolute atomic E-state index is 3.84. The minimum Gasteiger partial charge on any atom is -0.350 e. The van der Waals surface area contributed by atoms with Gasteiger partial charge in [-0.2, -0.15) is 0 Å². The molecule has 3 aliphatic carbocycles. The molecule has 1 aromatic rings. The van der Waals surface area contributed by atoms with Gasteiger partial charge in [0.15, 0.2) is 0 Å². The van der Waals surface area contributed by atoms with Gasteiger partial charge in [0.25, 0.3) is 0 Å². The molecule has 3 fully saturated rings. The van der Waals surface area contributed by atoms with Crippen LogP contribution in [-0.4, -0.2) is 10.6 Å². The molecule has 2 heteroatoms. The van der Waals surface area contributed by atoms with Crippen LogP contribution in [0.2, 0.25) is 0 Å². The highest BCUT2D eigenvalue weighted by Crippen LogP contribution is 2.65. The number of hydrogen-bond acceptors (Lipinski definition) is 1. The minimum absolute atomic E-state index is 0.862. The average molecular weight is 244 g/mol. The number of hydrogen-bond donors (Lipinski definition) is 1. The highest BCUT2D eigenvalue weighted by Gasteiger charge is 2.64. The van der Waals surface area contributed by atoms with Crippen LogP contribution in [0.3, 0.4) is 0 Å². The van der Waals surface area contributed by atoms with Gasteiger partial charge in [0.05, 0.1) is 0 Å². The smallest absolute Gasteiger partial charge is 0.0361 e. The van der Waals surface area contributed by atoms with E-state index in [4.69, 9.17) is 0 Å². The van der Waals surface area contributed by atoms with Crippen molar-refractivity contribution in [3.63, 3.8) is 0 Å². The van der Waals surface area contributed by atoms with Crippen molar-refractivity contribution < 1.29 is 0 Å². The first-order valence-electron chi connectivity index (χ1n) is 7.76. The second kappa shape index (κ2) is 4.12. The third-order valence-electron chi connectivity index (χ3n) is 5.64. The van der Waals surface area contributed by atoms with Crippen molar-refractivity contribution in [3.05, 3.63) is 24.0 Å². The van der Waals surface area contributed by atoms with E-state index in [9.17, 15) is 0 Å². The van der Waals surface area contributed by atoms with Crippen LogP contribution in [0, 0.1) is 23.7 Å². The van der Waals surface area contributed by atoms with E-state index in [1.54, 1.807) is 6.42 Å². The lowest BCUT2D eigenvalue weighted by Gasteiger charge is -2.12. The number of aromatic nitrogens is 1. The lowest BCUT2D eigenvalue weighted by molar-refractivity contribution is 0.456. The highest BCUT2D eigenvalue weighted by molar-refractivity contribution is 5.17. The molecule has 18 heavy (non-hydrogen) atoms. The Morgan fingerprint density at radius 2 is 2.06 bits per heavy atom. The number of aryl methyl sites for hydroxylation is 1. The minimum atomic E-state index is 0.862. The number of rotatable bonds is 5. The molecule has 2 bridgehead atoms. The van der Waals surface area contributed by atoms with Crippen molar-refractivity contribution in [2.24, 2.45) is 23.7 Å². The molecule has 4 unspecified atom stereocenters. The molecular formula is C16H24N2. The molecule has 3 aliphatic rings. The van der Waals surface area contributed by atoms with Gasteiger partial charge < -0.3 is 9.88 Å². The molecule has 1 heterocycles. The van der Waals surface area contributed by atoms with E-state index in [2.05, 4.69) is 35.1 Å². The summed E-state index contributed by atoms with van der Waals surface area (Å²) >= 11 is 0. The third kappa shape index (κ3) is 1.58. The Kier molecular flexibility index (Phi) is 2.54. The Labute approximate surface area is 110 Å². The third-order valence-corrected chi connectivity index (χ3v) is 5.64. The number of fused-ring (bicyclic) bond motifs is 5. The van der Waals surface area contributed by atoms with Crippen molar-refractivity contribution in [2.45, 2.75) is 51.7 Å². The second-order valence-corrected chi connectivity index (χ2v) is 6.59. The van der Waals surface area contributed by atoms with Gasteiger partial charge in [-0.25, -0.2) is 0 Å². The summed E-state index contributed by atoms with van der Waals surface area (Å²) in [7, 11) is 0. The van der Waals surface area contributed by atoms with Crippen molar-refractivity contribution in [1.29, 1.82) is 0 Å². The van der Waals surface area contributed by atoms with Crippen LogP contribution in [0.1, 0.15) is 38.3 Å².